The summed E-state index contributed by atoms with van der Waals surface area (Å²) in [6.07, 6.45) is 0.824. The molecule has 0 radical (unpaired) electrons. The maximum Gasteiger partial charge on any atom is 0.141 e. The second-order valence-corrected chi connectivity index (χ2v) is 4.85. The molecule has 1 aromatic carbocycles. The summed E-state index contributed by atoms with van der Waals surface area (Å²) in [6, 6.07) is 8.25. The first-order valence-electron chi connectivity index (χ1n) is 5.68. The Labute approximate surface area is 110 Å². The van der Waals surface area contributed by atoms with Crippen LogP contribution in [0.3, 0.4) is 0 Å². The third kappa shape index (κ3) is 3.43. The Kier molecular flexibility index (Phi) is 4.15. The lowest BCUT2D eigenvalue weighted by atomic mass is 10.3. The van der Waals surface area contributed by atoms with Gasteiger partial charge in [0.1, 0.15) is 17.5 Å². The molecule has 0 spiro atoms. The van der Waals surface area contributed by atoms with Crippen LogP contribution >= 0.6 is 11.8 Å². The van der Waals surface area contributed by atoms with E-state index in [4.69, 9.17) is 5.73 Å². The van der Waals surface area contributed by atoms with Crippen molar-refractivity contribution in [3.8, 4) is 0 Å². The van der Waals surface area contributed by atoms with Gasteiger partial charge in [0, 0.05) is 16.7 Å². The van der Waals surface area contributed by atoms with E-state index in [1.807, 2.05) is 13.0 Å². The summed E-state index contributed by atoms with van der Waals surface area (Å²) in [7, 11) is 0. The predicted molar refractivity (Wildman–Crippen MR) is 71.8 cm³/mol. The first kappa shape index (κ1) is 12.8. The van der Waals surface area contributed by atoms with Crippen molar-refractivity contribution in [3.05, 3.63) is 47.7 Å². The molecule has 0 aliphatic heterocycles. The van der Waals surface area contributed by atoms with Gasteiger partial charge in [-0.05, 0) is 24.6 Å². The number of nitrogens with two attached hydrogens (primary N) is 1. The Morgan fingerprint density at radius 2 is 2.11 bits per heavy atom. The number of hydrogen-bond donors (Lipinski definition) is 1. The Hall–Kier alpha value is -1.62. The number of hydrogen-bond acceptors (Lipinski definition) is 4. The maximum absolute atomic E-state index is 13.0. The third-order valence-corrected chi connectivity index (χ3v) is 3.36. The Morgan fingerprint density at radius 1 is 1.28 bits per heavy atom. The number of nitrogens with zero attached hydrogens (tertiary/aromatic N) is 2. The quantitative estimate of drug-likeness (QED) is 0.861. The van der Waals surface area contributed by atoms with Crippen molar-refractivity contribution in [3.63, 3.8) is 0 Å². The highest BCUT2D eigenvalue weighted by Crippen LogP contribution is 2.22. The minimum atomic E-state index is -0.234. The Balaban J connectivity index is 2.08. The monoisotopic (exact) mass is 263 g/mol. The number of anilines is 1. The maximum atomic E-state index is 13.0. The molecule has 3 nitrogen and oxygen atoms in total. The van der Waals surface area contributed by atoms with Crippen molar-refractivity contribution in [1.82, 2.24) is 9.97 Å². The molecule has 5 heteroatoms. The number of thioether (sulfide) groups is 1. The SMILES string of the molecule is CCc1cc(N)nc(CSc2cccc(F)c2)n1. The molecule has 0 fully saturated rings. The van der Waals surface area contributed by atoms with Gasteiger partial charge in [0.25, 0.3) is 0 Å². The van der Waals surface area contributed by atoms with Crippen LogP contribution in [-0.2, 0) is 12.2 Å². The van der Waals surface area contributed by atoms with Gasteiger partial charge >= 0.3 is 0 Å². The van der Waals surface area contributed by atoms with Crippen LogP contribution in [0.5, 0.6) is 0 Å². The lowest BCUT2D eigenvalue weighted by Gasteiger charge is -2.04. The second-order valence-electron chi connectivity index (χ2n) is 3.80. The highest BCUT2D eigenvalue weighted by Gasteiger charge is 2.03. The van der Waals surface area contributed by atoms with Crippen molar-refractivity contribution in [2.45, 2.75) is 24.0 Å². The summed E-state index contributed by atoms with van der Waals surface area (Å²) in [4.78, 5) is 9.42. The molecule has 0 saturated carbocycles. The van der Waals surface area contributed by atoms with Gasteiger partial charge < -0.3 is 5.73 Å². The largest absolute Gasteiger partial charge is 0.384 e. The van der Waals surface area contributed by atoms with E-state index >= 15 is 0 Å². The van der Waals surface area contributed by atoms with Gasteiger partial charge in [-0.3, -0.25) is 0 Å². The summed E-state index contributed by atoms with van der Waals surface area (Å²) in [5.41, 5.74) is 6.64. The van der Waals surface area contributed by atoms with Gasteiger partial charge in [0.15, 0.2) is 0 Å². The van der Waals surface area contributed by atoms with Crippen molar-refractivity contribution in [1.29, 1.82) is 0 Å². The highest BCUT2D eigenvalue weighted by atomic mass is 32.2. The summed E-state index contributed by atoms with van der Waals surface area (Å²) < 4.78 is 13.0. The van der Waals surface area contributed by atoms with E-state index in [-0.39, 0.29) is 5.82 Å². The normalized spacial score (nSPS) is 10.6. The van der Waals surface area contributed by atoms with Gasteiger partial charge in [-0.15, -0.1) is 11.8 Å². The van der Waals surface area contributed by atoms with Gasteiger partial charge in [0.2, 0.25) is 0 Å². The van der Waals surface area contributed by atoms with Crippen LogP contribution in [0.4, 0.5) is 10.2 Å². The van der Waals surface area contributed by atoms with E-state index in [2.05, 4.69) is 9.97 Å². The molecule has 1 heterocycles. The fourth-order valence-corrected chi connectivity index (χ4v) is 2.32. The Morgan fingerprint density at radius 3 is 2.83 bits per heavy atom. The predicted octanol–water partition coefficient (Wildman–Crippen LogP) is 3.05. The number of aromatic nitrogens is 2. The topological polar surface area (TPSA) is 51.8 Å². The highest BCUT2D eigenvalue weighted by molar-refractivity contribution is 7.98. The summed E-state index contributed by atoms with van der Waals surface area (Å²) in [5.74, 6) is 1.52. The number of nitrogen functional groups attached to an aromatic ring is 1. The van der Waals surface area contributed by atoms with E-state index in [1.54, 1.807) is 12.1 Å². The molecular weight excluding hydrogens is 249 g/mol. The molecule has 2 aromatic rings. The van der Waals surface area contributed by atoms with Crippen LogP contribution < -0.4 is 5.73 Å². The summed E-state index contributed by atoms with van der Waals surface area (Å²) in [6.45, 7) is 2.02. The molecule has 0 saturated heterocycles. The van der Waals surface area contributed by atoms with Gasteiger partial charge in [-0.1, -0.05) is 13.0 Å². The lowest BCUT2D eigenvalue weighted by Crippen LogP contribution is -2.01. The van der Waals surface area contributed by atoms with E-state index in [0.717, 1.165) is 17.0 Å². The fourth-order valence-electron chi connectivity index (χ4n) is 1.53. The molecule has 2 N–H and O–H groups in total. The van der Waals surface area contributed by atoms with Crippen LogP contribution in [0.1, 0.15) is 18.4 Å². The standard InChI is InChI=1S/C13H14FN3S/c1-2-10-7-12(15)17-13(16-10)8-18-11-5-3-4-9(14)6-11/h3-7H,2,8H2,1H3,(H2,15,16,17). The average Bonchev–Trinajstić information content (AvgIpc) is 2.36. The number of rotatable bonds is 4. The lowest BCUT2D eigenvalue weighted by molar-refractivity contribution is 0.624. The first-order chi connectivity index (χ1) is 8.67. The van der Waals surface area contributed by atoms with Gasteiger partial charge in [-0.2, -0.15) is 0 Å². The zero-order valence-corrected chi connectivity index (χ0v) is 10.9. The van der Waals surface area contributed by atoms with Gasteiger partial charge in [0.05, 0.1) is 5.75 Å². The molecule has 1 aromatic heterocycles. The van der Waals surface area contributed by atoms with Crippen molar-refractivity contribution in [2.24, 2.45) is 0 Å². The zero-order valence-electron chi connectivity index (χ0n) is 10.1. The van der Waals surface area contributed by atoms with E-state index in [0.29, 0.717) is 17.4 Å². The minimum absolute atomic E-state index is 0.234. The number of benzene rings is 1. The molecule has 18 heavy (non-hydrogen) atoms. The Bertz CT molecular complexity index is 546. The van der Waals surface area contributed by atoms with Crippen LogP contribution in [0.15, 0.2) is 35.2 Å². The second kappa shape index (κ2) is 5.82. The first-order valence-corrected chi connectivity index (χ1v) is 6.66. The van der Waals surface area contributed by atoms with Crippen LogP contribution in [0.2, 0.25) is 0 Å². The molecular formula is C13H14FN3S. The van der Waals surface area contributed by atoms with E-state index in [9.17, 15) is 4.39 Å². The van der Waals surface area contributed by atoms with Gasteiger partial charge in [-0.25, -0.2) is 14.4 Å². The fraction of sp³-hybridized carbons (Fsp3) is 0.231. The number of aryl methyl sites for hydroxylation is 1. The van der Waals surface area contributed by atoms with Crippen LogP contribution in [0.25, 0.3) is 0 Å². The molecule has 0 aliphatic rings. The molecule has 2 rings (SSSR count). The van der Waals surface area contributed by atoms with Crippen LogP contribution in [-0.4, -0.2) is 9.97 Å². The summed E-state index contributed by atoms with van der Waals surface area (Å²) >= 11 is 1.50. The number of halogens is 1. The molecule has 94 valence electrons. The molecule has 0 atom stereocenters. The average molecular weight is 263 g/mol. The molecule has 0 amide bonds. The van der Waals surface area contributed by atoms with E-state index < -0.39 is 0 Å². The minimum Gasteiger partial charge on any atom is -0.384 e. The van der Waals surface area contributed by atoms with Crippen LogP contribution in [0, 0.1) is 5.82 Å². The molecule has 0 aliphatic carbocycles. The van der Waals surface area contributed by atoms with Crippen molar-refractivity contribution >= 4 is 17.6 Å². The third-order valence-electron chi connectivity index (χ3n) is 2.37. The van der Waals surface area contributed by atoms with E-state index in [1.165, 1.54) is 23.9 Å². The summed E-state index contributed by atoms with van der Waals surface area (Å²) in [5, 5.41) is 0. The van der Waals surface area contributed by atoms with Crippen molar-refractivity contribution in [2.75, 3.05) is 5.73 Å². The smallest absolute Gasteiger partial charge is 0.141 e. The van der Waals surface area contributed by atoms with Crippen molar-refractivity contribution < 1.29 is 4.39 Å². The zero-order chi connectivity index (χ0) is 13.0. The molecule has 0 bridgehead atoms. The molecule has 0 unspecified atom stereocenters.